The second-order valence-electron chi connectivity index (χ2n) is 5.54. The number of hydrogen-bond donors (Lipinski definition) is 2. The average Bonchev–Trinajstić information content (AvgIpc) is 2.70. The van der Waals surface area contributed by atoms with Gasteiger partial charge in [-0.25, -0.2) is 4.39 Å². The fraction of sp³-hybridized carbons (Fsp3) is 0.0500. The number of amides is 2. The maximum atomic E-state index is 12.8. The van der Waals surface area contributed by atoms with Gasteiger partial charge in [-0.2, -0.15) is 0 Å². The van der Waals surface area contributed by atoms with Gasteiger partial charge >= 0.3 is 0 Å². The van der Waals surface area contributed by atoms with Crippen molar-refractivity contribution in [3.63, 3.8) is 0 Å². The third-order valence-corrected chi connectivity index (χ3v) is 3.59. The molecule has 6 nitrogen and oxygen atoms in total. The number of benzene rings is 2. The number of nitrogens with zero attached hydrogens (tertiary/aromatic N) is 1. The fourth-order valence-electron chi connectivity index (χ4n) is 2.32. The summed E-state index contributed by atoms with van der Waals surface area (Å²) in [6.07, 6.45) is 4.59. The number of hydrazine groups is 1. The molecule has 0 unspecified atom stereocenters. The van der Waals surface area contributed by atoms with Crippen LogP contribution < -0.4 is 15.6 Å². The number of halogens is 1. The van der Waals surface area contributed by atoms with Crippen LogP contribution in [0.5, 0.6) is 5.75 Å². The molecule has 0 saturated heterocycles. The van der Waals surface area contributed by atoms with Gasteiger partial charge in [0.15, 0.2) is 6.61 Å². The maximum absolute atomic E-state index is 12.8. The molecule has 3 aromatic rings. The highest BCUT2D eigenvalue weighted by atomic mass is 19.1. The van der Waals surface area contributed by atoms with E-state index in [0.717, 1.165) is 16.5 Å². The van der Waals surface area contributed by atoms with E-state index in [0.29, 0.717) is 5.75 Å². The molecule has 0 bridgehead atoms. The van der Waals surface area contributed by atoms with E-state index in [2.05, 4.69) is 15.8 Å². The molecule has 0 saturated carbocycles. The van der Waals surface area contributed by atoms with Crippen LogP contribution in [0.25, 0.3) is 17.0 Å². The highest BCUT2D eigenvalue weighted by molar-refractivity contribution is 5.96. The number of ether oxygens (including phenoxy) is 1. The smallest absolute Gasteiger partial charge is 0.276 e. The number of carbonyl (C=O) groups excluding carboxylic acids is 2. The van der Waals surface area contributed by atoms with Crippen molar-refractivity contribution in [3.8, 4) is 5.75 Å². The first kappa shape index (κ1) is 18.1. The molecule has 0 fully saturated rings. The van der Waals surface area contributed by atoms with Crippen LogP contribution in [0.2, 0.25) is 0 Å². The summed E-state index contributed by atoms with van der Waals surface area (Å²) in [6.45, 7) is -0.317. The van der Waals surface area contributed by atoms with Gasteiger partial charge in [0.1, 0.15) is 11.6 Å². The Morgan fingerprint density at radius 3 is 2.63 bits per heavy atom. The molecule has 2 N–H and O–H groups in total. The quantitative estimate of drug-likeness (QED) is 0.538. The standard InChI is InChI=1S/C20H16FN3O3/c21-16-7-9-17(10-8-16)27-13-19(26)24-23-18(25)11-6-15-4-1-3-14-5-2-12-22-20(14)15/h1-12H,13H2,(H,23,25)(H,24,26)/b11-6+. The molecule has 1 aromatic heterocycles. The lowest BCUT2D eigenvalue weighted by Crippen LogP contribution is -2.43. The normalized spacial score (nSPS) is 10.7. The Bertz CT molecular complexity index is 982. The Morgan fingerprint density at radius 1 is 1.04 bits per heavy atom. The highest BCUT2D eigenvalue weighted by Gasteiger charge is 2.04. The predicted molar refractivity (Wildman–Crippen MR) is 99.0 cm³/mol. The van der Waals surface area contributed by atoms with Crippen molar-refractivity contribution in [1.82, 2.24) is 15.8 Å². The maximum Gasteiger partial charge on any atom is 0.276 e. The largest absolute Gasteiger partial charge is 0.484 e. The molecule has 2 aromatic carbocycles. The zero-order chi connectivity index (χ0) is 19.1. The lowest BCUT2D eigenvalue weighted by molar-refractivity contribution is -0.128. The first-order valence-electron chi connectivity index (χ1n) is 8.11. The molecule has 0 radical (unpaired) electrons. The van der Waals surface area contributed by atoms with Crippen LogP contribution in [-0.2, 0) is 9.59 Å². The van der Waals surface area contributed by atoms with Gasteiger partial charge in [0.25, 0.3) is 11.8 Å². The van der Waals surface area contributed by atoms with Gasteiger partial charge in [-0.1, -0.05) is 24.3 Å². The summed E-state index contributed by atoms with van der Waals surface area (Å²) >= 11 is 0. The SMILES string of the molecule is O=C(/C=C/c1cccc2cccnc12)NNC(=O)COc1ccc(F)cc1. The number of carbonyl (C=O) groups is 2. The van der Waals surface area contributed by atoms with E-state index in [4.69, 9.17) is 4.74 Å². The molecule has 0 aliphatic heterocycles. The summed E-state index contributed by atoms with van der Waals surface area (Å²) < 4.78 is 18.0. The Labute approximate surface area is 154 Å². The van der Waals surface area contributed by atoms with E-state index in [1.807, 2.05) is 30.3 Å². The second-order valence-corrected chi connectivity index (χ2v) is 5.54. The molecule has 2 amide bonds. The third kappa shape index (κ3) is 5.12. The molecule has 7 heteroatoms. The van der Waals surface area contributed by atoms with Crippen LogP contribution in [0.3, 0.4) is 0 Å². The van der Waals surface area contributed by atoms with Crippen molar-refractivity contribution < 1.29 is 18.7 Å². The van der Waals surface area contributed by atoms with E-state index in [9.17, 15) is 14.0 Å². The van der Waals surface area contributed by atoms with Crippen LogP contribution in [0.1, 0.15) is 5.56 Å². The first-order valence-corrected chi connectivity index (χ1v) is 8.11. The first-order chi connectivity index (χ1) is 13.1. The van der Waals surface area contributed by atoms with Crippen molar-refractivity contribution in [3.05, 3.63) is 78.3 Å². The molecule has 1 heterocycles. The second kappa shape index (κ2) is 8.57. The Morgan fingerprint density at radius 2 is 1.81 bits per heavy atom. The zero-order valence-electron chi connectivity index (χ0n) is 14.2. The summed E-state index contributed by atoms with van der Waals surface area (Å²) in [5, 5.41) is 0.964. The summed E-state index contributed by atoms with van der Waals surface area (Å²) in [6, 6.07) is 14.7. The molecular formula is C20H16FN3O3. The lowest BCUT2D eigenvalue weighted by atomic mass is 10.1. The van der Waals surface area contributed by atoms with E-state index in [1.54, 1.807) is 12.3 Å². The zero-order valence-corrected chi connectivity index (χ0v) is 14.2. The minimum absolute atomic E-state index is 0.317. The van der Waals surface area contributed by atoms with Crippen molar-refractivity contribution in [2.45, 2.75) is 0 Å². The van der Waals surface area contributed by atoms with Crippen molar-refractivity contribution >= 4 is 28.8 Å². The summed E-state index contributed by atoms with van der Waals surface area (Å²) in [5.41, 5.74) is 6.06. The predicted octanol–water partition coefficient (Wildman–Crippen LogP) is 2.61. The van der Waals surface area contributed by atoms with Crippen LogP contribution in [0.15, 0.2) is 66.9 Å². The molecule has 3 rings (SSSR count). The number of hydrogen-bond acceptors (Lipinski definition) is 4. The summed E-state index contributed by atoms with van der Waals surface area (Å²) in [7, 11) is 0. The summed E-state index contributed by atoms with van der Waals surface area (Å²) in [4.78, 5) is 27.8. The van der Waals surface area contributed by atoms with Gasteiger partial charge in [-0.3, -0.25) is 25.4 Å². The van der Waals surface area contributed by atoms with Crippen LogP contribution >= 0.6 is 0 Å². The minimum atomic E-state index is -0.548. The lowest BCUT2D eigenvalue weighted by Gasteiger charge is -2.07. The number of rotatable bonds is 5. The number of pyridine rings is 1. The Balaban J connectivity index is 1.49. The van der Waals surface area contributed by atoms with Gasteiger partial charge in [0.05, 0.1) is 5.52 Å². The minimum Gasteiger partial charge on any atom is -0.484 e. The van der Waals surface area contributed by atoms with E-state index in [1.165, 1.54) is 30.3 Å². The van der Waals surface area contributed by atoms with Crippen LogP contribution in [0, 0.1) is 5.82 Å². The number of nitrogens with one attached hydrogen (secondary N) is 2. The number of para-hydroxylation sites is 1. The van der Waals surface area contributed by atoms with Crippen molar-refractivity contribution in [1.29, 1.82) is 0 Å². The molecular weight excluding hydrogens is 349 g/mol. The molecule has 0 atom stereocenters. The van der Waals surface area contributed by atoms with Crippen molar-refractivity contribution in [2.24, 2.45) is 0 Å². The van der Waals surface area contributed by atoms with Gasteiger partial charge in [0.2, 0.25) is 0 Å². The van der Waals surface area contributed by atoms with Crippen LogP contribution in [-0.4, -0.2) is 23.4 Å². The molecule has 0 spiro atoms. The highest BCUT2D eigenvalue weighted by Crippen LogP contribution is 2.16. The van der Waals surface area contributed by atoms with Gasteiger partial charge in [-0.05, 0) is 36.4 Å². The third-order valence-electron chi connectivity index (χ3n) is 3.59. The van der Waals surface area contributed by atoms with Gasteiger partial charge in [0, 0.05) is 23.2 Å². The number of aromatic nitrogens is 1. The van der Waals surface area contributed by atoms with Crippen molar-refractivity contribution in [2.75, 3.05) is 6.61 Å². The molecule has 136 valence electrons. The summed E-state index contributed by atoms with van der Waals surface area (Å²) in [5.74, 6) is -1.10. The van der Waals surface area contributed by atoms with Gasteiger partial charge < -0.3 is 4.74 Å². The van der Waals surface area contributed by atoms with Crippen LogP contribution in [0.4, 0.5) is 4.39 Å². The topological polar surface area (TPSA) is 80.3 Å². The molecule has 0 aliphatic carbocycles. The molecule has 27 heavy (non-hydrogen) atoms. The van der Waals surface area contributed by atoms with E-state index in [-0.39, 0.29) is 6.61 Å². The van der Waals surface area contributed by atoms with E-state index < -0.39 is 17.6 Å². The van der Waals surface area contributed by atoms with Gasteiger partial charge in [-0.15, -0.1) is 0 Å². The average molecular weight is 365 g/mol. The van der Waals surface area contributed by atoms with E-state index >= 15 is 0 Å². The monoisotopic (exact) mass is 365 g/mol. The molecule has 0 aliphatic rings. The fourth-order valence-corrected chi connectivity index (χ4v) is 2.32. The number of fused-ring (bicyclic) bond motifs is 1. The Hall–Kier alpha value is -3.74. The Kier molecular flexibility index (Phi) is 5.73.